The molecule has 0 aliphatic rings. The first-order valence-electron chi connectivity index (χ1n) is 10.5. The number of nitrogens with zero attached hydrogens (tertiary/aromatic N) is 1. The van der Waals surface area contributed by atoms with Crippen LogP contribution in [0.1, 0.15) is 16.7 Å². The largest absolute Gasteiger partial charge is 0.497 e. The number of hydrogen-bond acceptors (Lipinski definition) is 3. The fraction of sp³-hybridized carbons (Fsp3) is 0.231. The lowest BCUT2D eigenvalue weighted by molar-refractivity contribution is -0.140. The third kappa shape index (κ3) is 6.50. The quantitative estimate of drug-likeness (QED) is 0.468. The summed E-state index contributed by atoms with van der Waals surface area (Å²) in [5.41, 5.74) is 2.36. The lowest BCUT2D eigenvalue weighted by Crippen LogP contribution is -2.50. The van der Waals surface area contributed by atoms with Crippen molar-refractivity contribution in [2.24, 2.45) is 0 Å². The molecule has 3 aromatic rings. The van der Waals surface area contributed by atoms with Gasteiger partial charge in [-0.1, -0.05) is 71.7 Å². The maximum atomic E-state index is 13.6. The molecule has 7 heteroatoms. The monoisotopic (exact) mass is 484 g/mol. The summed E-state index contributed by atoms with van der Waals surface area (Å²) in [6.07, 6.45) is 0.477. The highest BCUT2D eigenvalue weighted by atomic mass is 35.5. The van der Waals surface area contributed by atoms with Gasteiger partial charge in [0.25, 0.3) is 0 Å². The molecular formula is C26H26Cl2N2O3. The van der Waals surface area contributed by atoms with E-state index in [2.05, 4.69) is 5.32 Å². The van der Waals surface area contributed by atoms with E-state index in [9.17, 15) is 9.59 Å². The third-order valence-corrected chi connectivity index (χ3v) is 6.13. The first kappa shape index (κ1) is 24.6. The smallest absolute Gasteiger partial charge is 0.242 e. The minimum atomic E-state index is -0.740. The molecule has 0 fully saturated rings. The van der Waals surface area contributed by atoms with Gasteiger partial charge in [0, 0.05) is 35.6 Å². The first-order valence-corrected chi connectivity index (χ1v) is 11.3. The Kier molecular flexibility index (Phi) is 8.75. The van der Waals surface area contributed by atoms with Gasteiger partial charge in [0.2, 0.25) is 11.8 Å². The van der Waals surface area contributed by atoms with Crippen LogP contribution >= 0.6 is 23.2 Å². The molecule has 0 saturated carbocycles. The minimum Gasteiger partial charge on any atom is -0.497 e. The molecule has 2 amide bonds. The van der Waals surface area contributed by atoms with Crippen LogP contribution < -0.4 is 10.1 Å². The molecule has 0 aromatic heterocycles. The molecule has 1 atom stereocenters. The Balaban J connectivity index is 1.97. The molecule has 0 spiro atoms. The highest BCUT2D eigenvalue weighted by Crippen LogP contribution is 2.27. The van der Waals surface area contributed by atoms with Crippen LogP contribution in [0.25, 0.3) is 0 Å². The lowest BCUT2D eigenvalue weighted by Gasteiger charge is -2.32. The Morgan fingerprint density at radius 1 is 0.909 bits per heavy atom. The van der Waals surface area contributed by atoms with Crippen molar-refractivity contribution in [1.82, 2.24) is 10.2 Å². The van der Waals surface area contributed by atoms with E-state index in [1.807, 2.05) is 42.5 Å². The molecular weight excluding hydrogens is 459 g/mol. The molecule has 33 heavy (non-hydrogen) atoms. The van der Waals surface area contributed by atoms with E-state index in [1.54, 1.807) is 49.4 Å². The van der Waals surface area contributed by atoms with E-state index in [-0.39, 0.29) is 24.8 Å². The van der Waals surface area contributed by atoms with Crippen LogP contribution in [0.5, 0.6) is 5.75 Å². The summed E-state index contributed by atoms with van der Waals surface area (Å²) in [4.78, 5) is 28.1. The number of ether oxygens (including phenoxy) is 1. The van der Waals surface area contributed by atoms with Crippen LogP contribution in [0.3, 0.4) is 0 Å². The Morgan fingerprint density at radius 3 is 2.12 bits per heavy atom. The van der Waals surface area contributed by atoms with Crippen molar-refractivity contribution in [3.8, 4) is 5.75 Å². The fourth-order valence-electron chi connectivity index (χ4n) is 3.59. The van der Waals surface area contributed by atoms with Crippen LogP contribution in [-0.4, -0.2) is 36.9 Å². The van der Waals surface area contributed by atoms with Gasteiger partial charge in [-0.25, -0.2) is 0 Å². The maximum absolute atomic E-state index is 13.6. The number of carbonyl (C=O) groups is 2. The van der Waals surface area contributed by atoms with Gasteiger partial charge in [0.05, 0.1) is 13.5 Å². The topological polar surface area (TPSA) is 58.6 Å². The molecule has 0 unspecified atom stereocenters. The van der Waals surface area contributed by atoms with Crippen molar-refractivity contribution in [2.75, 3.05) is 14.2 Å². The van der Waals surface area contributed by atoms with Crippen LogP contribution in [0, 0.1) is 0 Å². The number of benzene rings is 3. The van der Waals surface area contributed by atoms with E-state index < -0.39 is 6.04 Å². The molecule has 172 valence electrons. The maximum Gasteiger partial charge on any atom is 0.242 e. The molecule has 0 radical (unpaired) electrons. The van der Waals surface area contributed by atoms with Gasteiger partial charge in [-0.2, -0.15) is 0 Å². The number of methoxy groups -OCH3 is 1. The second-order valence-electron chi connectivity index (χ2n) is 7.57. The number of nitrogens with one attached hydrogen (secondary N) is 1. The summed E-state index contributed by atoms with van der Waals surface area (Å²) in [5.74, 6) is 0.240. The average Bonchev–Trinajstić information content (AvgIpc) is 2.83. The Labute approximate surface area is 204 Å². The Hall–Kier alpha value is -3.02. The number of carbonyl (C=O) groups excluding carboxylic acids is 2. The summed E-state index contributed by atoms with van der Waals surface area (Å²) < 4.78 is 5.20. The summed E-state index contributed by atoms with van der Waals surface area (Å²) in [6, 6.07) is 21.3. The van der Waals surface area contributed by atoms with Gasteiger partial charge in [-0.3, -0.25) is 9.59 Å². The van der Waals surface area contributed by atoms with Crippen molar-refractivity contribution < 1.29 is 14.3 Å². The van der Waals surface area contributed by atoms with Crippen molar-refractivity contribution in [3.63, 3.8) is 0 Å². The normalized spacial score (nSPS) is 11.5. The van der Waals surface area contributed by atoms with Gasteiger partial charge in [-0.15, -0.1) is 0 Å². The zero-order valence-corrected chi connectivity index (χ0v) is 20.1. The summed E-state index contributed by atoms with van der Waals surface area (Å²) in [7, 11) is 3.15. The highest BCUT2D eigenvalue weighted by molar-refractivity contribution is 6.36. The van der Waals surface area contributed by atoms with Crippen LogP contribution in [-0.2, 0) is 29.0 Å². The van der Waals surface area contributed by atoms with Crippen LogP contribution in [0.4, 0.5) is 0 Å². The highest BCUT2D eigenvalue weighted by Gasteiger charge is 2.30. The summed E-state index contributed by atoms with van der Waals surface area (Å²) in [5, 5.41) is 3.59. The summed E-state index contributed by atoms with van der Waals surface area (Å²) >= 11 is 12.8. The molecule has 0 heterocycles. The minimum absolute atomic E-state index is 0.110. The van der Waals surface area contributed by atoms with Crippen LogP contribution in [0.15, 0.2) is 72.8 Å². The SMILES string of the molecule is CNC(=O)[C@@H](Cc1ccccc1)N(Cc1c(Cl)cccc1Cl)C(=O)Cc1ccc(OC)cc1. The second kappa shape index (κ2) is 11.7. The Morgan fingerprint density at radius 2 is 1.55 bits per heavy atom. The predicted molar refractivity (Wildman–Crippen MR) is 132 cm³/mol. The fourth-order valence-corrected chi connectivity index (χ4v) is 4.11. The molecule has 3 aromatic carbocycles. The van der Waals surface area contributed by atoms with E-state index in [4.69, 9.17) is 27.9 Å². The number of halogens is 2. The van der Waals surface area contributed by atoms with Gasteiger partial charge < -0.3 is 15.0 Å². The van der Waals surface area contributed by atoms with Crippen molar-refractivity contribution in [3.05, 3.63) is 99.5 Å². The predicted octanol–water partition coefficient (Wildman–Crippen LogP) is 4.93. The zero-order valence-electron chi connectivity index (χ0n) is 18.6. The first-order chi connectivity index (χ1) is 15.9. The molecule has 0 saturated heterocycles. The van der Waals surface area contributed by atoms with E-state index >= 15 is 0 Å². The van der Waals surface area contributed by atoms with Gasteiger partial charge in [0.15, 0.2) is 0 Å². The lowest BCUT2D eigenvalue weighted by atomic mass is 10.0. The van der Waals surface area contributed by atoms with E-state index in [1.165, 1.54) is 0 Å². The standard InChI is InChI=1S/C26H26Cl2N2O3/c1-29-26(32)24(15-18-7-4-3-5-8-18)30(17-21-22(27)9-6-10-23(21)28)25(31)16-19-11-13-20(33-2)14-12-19/h3-14,24H,15-17H2,1-2H3,(H,29,32)/t24-/m1/s1. The van der Waals surface area contributed by atoms with Gasteiger partial charge >= 0.3 is 0 Å². The average molecular weight is 485 g/mol. The molecule has 0 aliphatic carbocycles. The number of hydrogen-bond donors (Lipinski definition) is 1. The zero-order chi connectivity index (χ0) is 23.8. The van der Waals surface area contributed by atoms with E-state index in [0.717, 1.165) is 11.1 Å². The molecule has 3 rings (SSSR count). The molecule has 5 nitrogen and oxygen atoms in total. The van der Waals surface area contributed by atoms with Gasteiger partial charge in [0.1, 0.15) is 11.8 Å². The van der Waals surface area contributed by atoms with Crippen molar-refractivity contribution in [1.29, 1.82) is 0 Å². The summed E-state index contributed by atoms with van der Waals surface area (Å²) in [6.45, 7) is 0.110. The van der Waals surface area contributed by atoms with E-state index in [0.29, 0.717) is 27.8 Å². The molecule has 0 bridgehead atoms. The second-order valence-corrected chi connectivity index (χ2v) is 8.38. The molecule has 0 aliphatic heterocycles. The third-order valence-electron chi connectivity index (χ3n) is 5.42. The number of rotatable bonds is 9. The number of likely N-dealkylation sites (N-methyl/N-ethyl adjacent to an activating group) is 1. The van der Waals surface area contributed by atoms with Crippen molar-refractivity contribution >= 4 is 35.0 Å². The Bertz CT molecular complexity index is 1070. The number of amides is 2. The van der Waals surface area contributed by atoms with Gasteiger partial charge in [-0.05, 0) is 35.4 Å². The molecule has 1 N–H and O–H groups in total. The van der Waals surface area contributed by atoms with Crippen LogP contribution in [0.2, 0.25) is 10.0 Å². The van der Waals surface area contributed by atoms with Crippen molar-refractivity contribution in [2.45, 2.75) is 25.4 Å².